The summed E-state index contributed by atoms with van der Waals surface area (Å²) >= 11 is 5.74. The molecule has 1 aliphatic carbocycles. The first kappa shape index (κ1) is 19.7. The molecule has 0 radical (unpaired) electrons. The summed E-state index contributed by atoms with van der Waals surface area (Å²) in [5, 5.41) is 14.9. The number of halogens is 1. The summed E-state index contributed by atoms with van der Waals surface area (Å²) in [6.07, 6.45) is 4.00. The van der Waals surface area contributed by atoms with Crippen LogP contribution in [-0.4, -0.2) is 36.5 Å². The number of carbonyl (C=O) groups is 3. The van der Waals surface area contributed by atoms with Gasteiger partial charge in [0.1, 0.15) is 12.1 Å². The van der Waals surface area contributed by atoms with Gasteiger partial charge in [-0.15, -0.1) is 0 Å². The number of amides is 2. The highest BCUT2D eigenvalue weighted by Crippen LogP contribution is 2.27. The van der Waals surface area contributed by atoms with Crippen molar-refractivity contribution in [2.45, 2.75) is 37.6 Å². The second kappa shape index (κ2) is 9.20. The van der Waals surface area contributed by atoms with Gasteiger partial charge in [0.2, 0.25) is 0 Å². The first-order valence-electron chi connectivity index (χ1n) is 8.36. The quantitative estimate of drug-likeness (QED) is 0.736. The second-order valence-corrected chi connectivity index (χ2v) is 6.59. The lowest BCUT2D eigenvalue weighted by Crippen LogP contribution is -2.50. The molecular weight excluding hydrogens is 358 g/mol. The number of nitriles is 1. The average molecular weight is 378 g/mol. The molecule has 1 fully saturated rings. The van der Waals surface area contributed by atoms with Gasteiger partial charge in [0, 0.05) is 10.6 Å². The summed E-state index contributed by atoms with van der Waals surface area (Å²) in [6.45, 7) is -0.850. The Hall–Kier alpha value is -2.59. The smallest absolute Gasteiger partial charge is 0.325 e. The topological polar surface area (TPSA) is 108 Å². The SMILES string of the molecule is N#CC1(NC(=O)COC(=O)CNC(=O)c2ccc(Cl)cc2)CCCCC1. The van der Waals surface area contributed by atoms with E-state index < -0.39 is 29.9 Å². The molecule has 7 nitrogen and oxygen atoms in total. The number of ether oxygens (including phenoxy) is 1. The zero-order valence-electron chi connectivity index (χ0n) is 14.2. The van der Waals surface area contributed by atoms with Crippen LogP contribution in [0, 0.1) is 11.3 Å². The Morgan fingerprint density at radius 2 is 1.81 bits per heavy atom. The molecule has 0 aliphatic heterocycles. The predicted octanol–water partition coefficient (Wildman–Crippen LogP) is 1.96. The minimum Gasteiger partial charge on any atom is -0.454 e. The van der Waals surface area contributed by atoms with Crippen LogP contribution in [0.1, 0.15) is 42.5 Å². The van der Waals surface area contributed by atoms with Crippen LogP contribution in [0.2, 0.25) is 5.02 Å². The van der Waals surface area contributed by atoms with Gasteiger partial charge in [0.05, 0.1) is 6.07 Å². The number of esters is 1. The van der Waals surface area contributed by atoms with Crippen molar-refractivity contribution in [3.8, 4) is 6.07 Å². The van der Waals surface area contributed by atoms with Crippen LogP contribution in [0.4, 0.5) is 0 Å². The molecule has 138 valence electrons. The normalized spacial score (nSPS) is 15.4. The maximum Gasteiger partial charge on any atom is 0.325 e. The first-order valence-corrected chi connectivity index (χ1v) is 8.73. The van der Waals surface area contributed by atoms with Crippen molar-refractivity contribution >= 4 is 29.4 Å². The van der Waals surface area contributed by atoms with Crippen molar-refractivity contribution in [2.75, 3.05) is 13.2 Å². The number of nitrogens with one attached hydrogen (secondary N) is 2. The van der Waals surface area contributed by atoms with Gasteiger partial charge in [0.15, 0.2) is 6.61 Å². The molecule has 0 saturated heterocycles. The van der Waals surface area contributed by atoms with E-state index >= 15 is 0 Å². The van der Waals surface area contributed by atoms with Crippen molar-refractivity contribution in [3.63, 3.8) is 0 Å². The van der Waals surface area contributed by atoms with E-state index in [1.165, 1.54) is 12.1 Å². The number of rotatable bonds is 6. The lowest BCUT2D eigenvalue weighted by molar-refractivity contribution is -0.148. The Morgan fingerprint density at radius 1 is 1.15 bits per heavy atom. The minimum absolute atomic E-state index is 0.355. The largest absolute Gasteiger partial charge is 0.454 e. The number of benzene rings is 1. The Bertz CT molecular complexity index is 706. The molecule has 1 aliphatic rings. The summed E-state index contributed by atoms with van der Waals surface area (Å²) in [7, 11) is 0. The second-order valence-electron chi connectivity index (χ2n) is 6.15. The maximum atomic E-state index is 11.9. The molecule has 1 saturated carbocycles. The Kier molecular flexibility index (Phi) is 6.98. The van der Waals surface area contributed by atoms with Crippen LogP contribution >= 0.6 is 11.6 Å². The van der Waals surface area contributed by atoms with Crippen LogP contribution in [-0.2, 0) is 14.3 Å². The molecule has 0 aromatic heterocycles. The van der Waals surface area contributed by atoms with E-state index in [1.54, 1.807) is 12.1 Å². The zero-order valence-corrected chi connectivity index (χ0v) is 15.0. The van der Waals surface area contributed by atoms with E-state index in [1.807, 2.05) is 0 Å². The minimum atomic E-state index is -0.870. The van der Waals surface area contributed by atoms with Crippen molar-refractivity contribution in [3.05, 3.63) is 34.9 Å². The van der Waals surface area contributed by atoms with Crippen molar-refractivity contribution in [2.24, 2.45) is 0 Å². The lowest BCUT2D eigenvalue weighted by Gasteiger charge is -2.31. The molecule has 2 rings (SSSR count). The van der Waals surface area contributed by atoms with E-state index in [0.717, 1.165) is 19.3 Å². The highest BCUT2D eigenvalue weighted by Gasteiger charge is 2.33. The number of carbonyl (C=O) groups excluding carboxylic acids is 3. The Balaban J connectivity index is 1.72. The summed E-state index contributed by atoms with van der Waals surface area (Å²) in [4.78, 5) is 35.5. The van der Waals surface area contributed by atoms with E-state index in [9.17, 15) is 19.6 Å². The fraction of sp³-hybridized carbons (Fsp3) is 0.444. The standard InChI is InChI=1S/C18H20ClN3O4/c19-14-6-4-13(5-7-14)17(25)21-10-16(24)26-11-15(23)22-18(12-20)8-2-1-3-9-18/h4-7H,1-3,8-11H2,(H,21,25)(H,22,23). The Morgan fingerprint density at radius 3 is 2.42 bits per heavy atom. The monoisotopic (exact) mass is 377 g/mol. The molecule has 0 spiro atoms. The van der Waals surface area contributed by atoms with E-state index in [-0.39, 0.29) is 6.54 Å². The van der Waals surface area contributed by atoms with E-state index in [4.69, 9.17) is 16.3 Å². The molecule has 1 aromatic rings. The fourth-order valence-corrected chi connectivity index (χ4v) is 2.90. The third-order valence-electron chi connectivity index (χ3n) is 4.16. The molecule has 0 atom stereocenters. The number of nitrogens with zero attached hydrogens (tertiary/aromatic N) is 1. The Labute approximate surface area is 156 Å². The van der Waals surface area contributed by atoms with Crippen molar-refractivity contribution in [1.82, 2.24) is 10.6 Å². The molecular formula is C18H20ClN3O4. The average Bonchev–Trinajstić information content (AvgIpc) is 2.65. The van der Waals surface area contributed by atoms with Crippen LogP contribution in [0.15, 0.2) is 24.3 Å². The third-order valence-corrected chi connectivity index (χ3v) is 4.42. The molecule has 2 amide bonds. The summed E-state index contributed by atoms with van der Waals surface area (Å²) in [6, 6.07) is 8.35. The van der Waals surface area contributed by atoms with Crippen molar-refractivity contribution in [1.29, 1.82) is 5.26 Å². The van der Waals surface area contributed by atoms with Crippen LogP contribution in [0.3, 0.4) is 0 Å². The van der Waals surface area contributed by atoms with Gasteiger partial charge < -0.3 is 15.4 Å². The third kappa shape index (κ3) is 5.74. The molecule has 0 unspecified atom stereocenters. The highest BCUT2D eigenvalue weighted by molar-refractivity contribution is 6.30. The van der Waals surface area contributed by atoms with Crippen molar-refractivity contribution < 1.29 is 19.1 Å². The number of hydrogen-bond acceptors (Lipinski definition) is 5. The van der Waals surface area contributed by atoms with Gasteiger partial charge in [-0.25, -0.2) is 0 Å². The predicted molar refractivity (Wildman–Crippen MR) is 94.3 cm³/mol. The molecule has 0 heterocycles. The number of hydrogen-bond donors (Lipinski definition) is 2. The fourth-order valence-electron chi connectivity index (χ4n) is 2.78. The van der Waals surface area contributed by atoms with Crippen LogP contribution < -0.4 is 10.6 Å². The van der Waals surface area contributed by atoms with Gasteiger partial charge in [0.25, 0.3) is 11.8 Å². The maximum absolute atomic E-state index is 11.9. The molecule has 8 heteroatoms. The van der Waals surface area contributed by atoms with Crippen LogP contribution in [0.5, 0.6) is 0 Å². The summed E-state index contributed by atoms with van der Waals surface area (Å²) < 4.78 is 4.84. The molecule has 0 bridgehead atoms. The first-order chi connectivity index (χ1) is 12.4. The van der Waals surface area contributed by atoms with Gasteiger partial charge >= 0.3 is 5.97 Å². The zero-order chi connectivity index (χ0) is 19.0. The summed E-state index contributed by atoms with van der Waals surface area (Å²) in [5.74, 6) is -1.71. The van der Waals surface area contributed by atoms with Gasteiger partial charge in [-0.2, -0.15) is 5.26 Å². The van der Waals surface area contributed by atoms with Gasteiger partial charge in [-0.1, -0.05) is 30.9 Å². The lowest BCUT2D eigenvalue weighted by atomic mass is 9.83. The highest BCUT2D eigenvalue weighted by atomic mass is 35.5. The molecule has 2 N–H and O–H groups in total. The molecule has 1 aromatic carbocycles. The summed E-state index contributed by atoms with van der Waals surface area (Å²) in [5.41, 5.74) is -0.516. The van der Waals surface area contributed by atoms with Gasteiger partial charge in [-0.3, -0.25) is 14.4 Å². The van der Waals surface area contributed by atoms with E-state index in [0.29, 0.717) is 23.4 Å². The molecule has 26 heavy (non-hydrogen) atoms. The van der Waals surface area contributed by atoms with Gasteiger partial charge in [-0.05, 0) is 37.1 Å². The van der Waals surface area contributed by atoms with Crippen LogP contribution in [0.25, 0.3) is 0 Å². The van der Waals surface area contributed by atoms with E-state index in [2.05, 4.69) is 16.7 Å².